The fraction of sp³-hybridized carbons (Fsp3) is 0.316. The summed E-state index contributed by atoms with van der Waals surface area (Å²) in [6.45, 7) is -1.40. The van der Waals surface area contributed by atoms with Crippen LogP contribution in [0.2, 0.25) is 20.1 Å². The number of aliphatic hydroxyl groups is 1. The first-order valence-electron chi connectivity index (χ1n) is 8.83. The zero-order valence-electron chi connectivity index (χ0n) is 16.1. The van der Waals surface area contributed by atoms with Crippen molar-refractivity contribution in [1.82, 2.24) is 5.32 Å². The molecule has 0 heterocycles. The van der Waals surface area contributed by atoms with Gasteiger partial charge in [0.1, 0.15) is 6.42 Å². The maximum atomic E-state index is 13.7. The van der Waals surface area contributed by atoms with E-state index in [0.29, 0.717) is 0 Å². The van der Waals surface area contributed by atoms with Crippen molar-refractivity contribution in [1.29, 1.82) is 0 Å². The first kappa shape index (κ1) is 27.7. The van der Waals surface area contributed by atoms with Gasteiger partial charge in [0, 0.05) is 17.3 Å². The third-order valence-electron chi connectivity index (χ3n) is 4.37. The average Bonchev–Trinajstić information content (AvgIpc) is 2.66. The van der Waals surface area contributed by atoms with Crippen molar-refractivity contribution >= 4 is 58.0 Å². The third kappa shape index (κ3) is 7.19. The Hall–Kier alpha value is -1.59. The molecule has 33 heavy (non-hydrogen) atoms. The Morgan fingerprint density at radius 1 is 0.909 bits per heavy atom. The molecule has 0 aliphatic carbocycles. The molecule has 0 spiro atoms. The fourth-order valence-electron chi connectivity index (χ4n) is 2.63. The number of rotatable bonds is 7. The van der Waals surface area contributed by atoms with Crippen LogP contribution in [0.1, 0.15) is 17.5 Å². The van der Waals surface area contributed by atoms with E-state index >= 15 is 0 Å². The summed E-state index contributed by atoms with van der Waals surface area (Å²) in [5, 5.41) is 14.1. The van der Waals surface area contributed by atoms with E-state index in [-0.39, 0.29) is 37.9 Å². The number of anilines is 1. The summed E-state index contributed by atoms with van der Waals surface area (Å²) in [4.78, 5) is 11.3. The number of amides is 1. The molecular weight excluding hydrogens is 544 g/mol. The van der Waals surface area contributed by atoms with E-state index in [2.05, 4.69) is 5.32 Å². The zero-order valence-corrected chi connectivity index (χ0v) is 19.2. The van der Waals surface area contributed by atoms with Crippen LogP contribution in [-0.2, 0) is 16.9 Å². The Balaban J connectivity index is 2.17. The number of benzene rings is 2. The maximum Gasteiger partial charge on any atom is 0.423 e. The molecule has 0 saturated carbocycles. The van der Waals surface area contributed by atoms with Crippen LogP contribution in [-0.4, -0.2) is 29.9 Å². The van der Waals surface area contributed by atoms with Crippen LogP contribution in [0, 0.1) is 0 Å². The predicted molar refractivity (Wildman–Crippen MR) is 114 cm³/mol. The van der Waals surface area contributed by atoms with E-state index in [9.17, 15) is 36.2 Å². The molecule has 0 bridgehead atoms. The molecular formula is C19H14Cl4F6N2O2. The number of nitrogens with one attached hydrogen (secondary N) is 2. The number of carbonyl (C=O) groups excluding carboxylic acids is 1. The lowest BCUT2D eigenvalue weighted by Crippen LogP contribution is -2.47. The minimum Gasteiger partial charge on any atom is -0.381 e. The molecule has 0 aliphatic rings. The predicted octanol–water partition coefficient (Wildman–Crippen LogP) is 6.73. The second-order valence-corrected chi connectivity index (χ2v) is 8.44. The number of alkyl halides is 6. The number of carbonyl (C=O) groups is 1. The first-order valence-corrected chi connectivity index (χ1v) is 10.3. The Morgan fingerprint density at radius 3 is 1.97 bits per heavy atom. The van der Waals surface area contributed by atoms with E-state index in [1.165, 1.54) is 18.2 Å². The third-order valence-corrected chi connectivity index (χ3v) is 5.92. The molecule has 0 aliphatic heterocycles. The zero-order chi connectivity index (χ0) is 25.2. The van der Waals surface area contributed by atoms with Gasteiger partial charge in [0.15, 0.2) is 0 Å². The molecule has 182 valence electrons. The summed E-state index contributed by atoms with van der Waals surface area (Å²) >= 11 is 23.4. The Kier molecular flexibility index (Phi) is 8.67. The van der Waals surface area contributed by atoms with Crippen LogP contribution >= 0.6 is 46.4 Å². The van der Waals surface area contributed by atoms with Gasteiger partial charge in [0.25, 0.3) is 0 Å². The van der Waals surface area contributed by atoms with Crippen molar-refractivity contribution in [3.8, 4) is 0 Å². The molecule has 3 N–H and O–H groups in total. The highest BCUT2D eigenvalue weighted by atomic mass is 35.5. The second-order valence-electron chi connectivity index (χ2n) is 6.84. The van der Waals surface area contributed by atoms with Gasteiger partial charge in [-0.15, -0.1) is 0 Å². The van der Waals surface area contributed by atoms with E-state index in [1.807, 2.05) is 5.32 Å². The minimum absolute atomic E-state index is 0.0413. The fourth-order valence-corrected chi connectivity index (χ4v) is 3.47. The van der Waals surface area contributed by atoms with Crippen molar-refractivity contribution in [2.45, 2.75) is 30.9 Å². The Morgan fingerprint density at radius 2 is 1.48 bits per heavy atom. The summed E-state index contributed by atoms with van der Waals surface area (Å²) in [6.07, 6.45) is -11.5. The van der Waals surface area contributed by atoms with Crippen molar-refractivity contribution < 1.29 is 36.2 Å². The summed E-state index contributed by atoms with van der Waals surface area (Å²) in [7, 11) is 0. The quantitative estimate of drug-likeness (QED) is 0.261. The highest BCUT2D eigenvalue weighted by molar-refractivity contribution is 6.48. The lowest BCUT2D eigenvalue weighted by molar-refractivity contribution is -0.260. The van der Waals surface area contributed by atoms with Gasteiger partial charge in [-0.3, -0.25) is 4.79 Å². The molecule has 2 rings (SSSR count). The molecule has 14 heteroatoms. The largest absolute Gasteiger partial charge is 0.423 e. The van der Waals surface area contributed by atoms with Gasteiger partial charge >= 0.3 is 12.4 Å². The van der Waals surface area contributed by atoms with E-state index in [4.69, 9.17) is 46.4 Å². The van der Waals surface area contributed by atoms with Crippen LogP contribution in [0.15, 0.2) is 30.3 Å². The van der Waals surface area contributed by atoms with Gasteiger partial charge in [-0.05, 0) is 35.4 Å². The number of hydrogen-bond donors (Lipinski definition) is 3. The molecule has 2 aromatic carbocycles. The molecule has 0 fully saturated rings. The van der Waals surface area contributed by atoms with Crippen LogP contribution < -0.4 is 10.6 Å². The van der Waals surface area contributed by atoms with Gasteiger partial charge in [-0.1, -0.05) is 52.5 Å². The highest BCUT2D eigenvalue weighted by Gasteiger charge is 2.55. The van der Waals surface area contributed by atoms with Crippen LogP contribution in [0.4, 0.5) is 32.0 Å². The van der Waals surface area contributed by atoms with Crippen molar-refractivity contribution in [2.75, 3.05) is 11.9 Å². The second kappa shape index (κ2) is 10.4. The van der Waals surface area contributed by atoms with E-state index in [0.717, 1.165) is 12.1 Å². The maximum absolute atomic E-state index is 13.7. The standard InChI is InChI=1S/C19H14Cl4F6N2O2/c20-12-5-11(2-1-9(12)7-30-15(32)6-18(24,25)26)31-8-17(33,19(27,28)29)10-3-13(21)16(23)14(22)4-10/h1-5,31,33H,6-8H2,(H,30,32)/t17-/m1/s1. The van der Waals surface area contributed by atoms with Crippen LogP contribution in [0.5, 0.6) is 0 Å². The number of hydrogen-bond acceptors (Lipinski definition) is 3. The van der Waals surface area contributed by atoms with E-state index in [1.54, 1.807) is 0 Å². The monoisotopic (exact) mass is 556 g/mol. The van der Waals surface area contributed by atoms with Gasteiger partial charge < -0.3 is 15.7 Å². The van der Waals surface area contributed by atoms with Gasteiger partial charge in [-0.2, -0.15) is 26.3 Å². The molecule has 1 atom stereocenters. The van der Waals surface area contributed by atoms with Crippen LogP contribution in [0.25, 0.3) is 0 Å². The average molecular weight is 558 g/mol. The van der Waals surface area contributed by atoms with Crippen molar-refractivity contribution in [2.24, 2.45) is 0 Å². The molecule has 0 saturated heterocycles. The summed E-state index contributed by atoms with van der Waals surface area (Å²) in [5.41, 5.74) is -3.79. The topological polar surface area (TPSA) is 61.4 Å². The Labute approximate surface area is 203 Å². The first-order chi connectivity index (χ1) is 15.0. The minimum atomic E-state index is -5.15. The smallest absolute Gasteiger partial charge is 0.381 e. The van der Waals surface area contributed by atoms with Gasteiger partial charge in [-0.25, -0.2) is 0 Å². The molecule has 4 nitrogen and oxygen atoms in total. The summed E-state index contributed by atoms with van der Waals surface area (Å²) in [6, 6.07) is 5.43. The van der Waals surface area contributed by atoms with E-state index < -0.39 is 42.4 Å². The van der Waals surface area contributed by atoms with Crippen molar-refractivity contribution in [3.63, 3.8) is 0 Å². The molecule has 0 radical (unpaired) electrons. The number of halogens is 10. The van der Waals surface area contributed by atoms with Crippen molar-refractivity contribution in [3.05, 3.63) is 61.5 Å². The summed E-state index contributed by atoms with van der Waals surface area (Å²) in [5.74, 6) is -1.27. The molecule has 2 aromatic rings. The molecule has 0 unspecified atom stereocenters. The van der Waals surface area contributed by atoms with Gasteiger partial charge in [0.2, 0.25) is 11.5 Å². The molecule has 0 aromatic heterocycles. The SMILES string of the molecule is O=C(CC(F)(F)F)NCc1ccc(NC[C@@](O)(c2cc(Cl)c(Cl)c(Cl)c2)C(F)(F)F)cc1Cl. The van der Waals surface area contributed by atoms with Gasteiger partial charge in [0.05, 0.1) is 21.6 Å². The highest BCUT2D eigenvalue weighted by Crippen LogP contribution is 2.43. The lowest BCUT2D eigenvalue weighted by atomic mass is 9.92. The normalized spacial score (nSPS) is 14.0. The molecule has 1 amide bonds. The van der Waals surface area contributed by atoms with Crippen LogP contribution in [0.3, 0.4) is 0 Å². The Bertz CT molecular complexity index is 1010. The lowest BCUT2D eigenvalue weighted by Gasteiger charge is -2.32. The summed E-state index contributed by atoms with van der Waals surface area (Å²) < 4.78 is 77.8.